The van der Waals surface area contributed by atoms with E-state index in [2.05, 4.69) is 9.97 Å². The van der Waals surface area contributed by atoms with E-state index in [1.165, 1.54) is 12.1 Å². The molecule has 5 nitrogen and oxygen atoms in total. The van der Waals surface area contributed by atoms with Crippen LogP contribution in [0, 0.1) is 5.82 Å². The van der Waals surface area contributed by atoms with Gasteiger partial charge in [0.1, 0.15) is 11.6 Å². The number of fused-ring (bicyclic) bond motifs is 3. The van der Waals surface area contributed by atoms with Crippen molar-refractivity contribution in [3.8, 4) is 5.75 Å². The van der Waals surface area contributed by atoms with Crippen molar-refractivity contribution in [3.63, 3.8) is 0 Å². The molecule has 2 aromatic carbocycles. The van der Waals surface area contributed by atoms with Crippen LogP contribution in [0.25, 0.3) is 10.9 Å². The summed E-state index contributed by atoms with van der Waals surface area (Å²) in [5.74, 6) is 0.386. The van der Waals surface area contributed by atoms with Crippen molar-refractivity contribution in [1.82, 2.24) is 14.9 Å². The minimum atomic E-state index is -0.347. The predicted octanol–water partition coefficient (Wildman–Crippen LogP) is 4.50. The molecule has 3 heterocycles. The third-order valence-electron chi connectivity index (χ3n) is 5.69. The van der Waals surface area contributed by atoms with Crippen LogP contribution in [0.3, 0.4) is 0 Å². The third kappa shape index (κ3) is 3.01. The lowest BCUT2D eigenvalue weighted by Gasteiger charge is -2.36. The molecule has 1 N–H and O–H groups in total. The number of benzene rings is 2. The van der Waals surface area contributed by atoms with Gasteiger partial charge in [-0.15, -0.1) is 0 Å². The number of H-pyrrole nitrogens is 1. The summed E-state index contributed by atoms with van der Waals surface area (Å²) in [4.78, 5) is 22.8. The van der Waals surface area contributed by atoms with E-state index >= 15 is 0 Å². The molecule has 150 valence electrons. The monoisotopic (exact) mass is 401 g/mol. The van der Waals surface area contributed by atoms with Crippen molar-refractivity contribution >= 4 is 16.8 Å². The molecule has 4 aromatic rings. The number of rotatable bonds is 3. The van der Waals surface area contributed by atoms with Gasteiger partial charge in [0.05, 0.1) is 18.7 Å². The van der Waals surface area contributed by atoms with Crippen LogP contribution < -0.4 is 4.74 Å². The average Bonchev–Trinajstić information content (AvgIpc) is 3.17. The summed E-state index contributed by atoms with van der Waals surface area (Å²) in [5.41, 5.74) is 4.49. The fourth-order valence-corrected chi connectivity index (χ4v) is 4.26. The lowest BCUT2D eigenvalue weighted by Crippen LogP contribution is -2.40. The number of nitrogens with one attached hydrogen (secondary N) is 1. The van der Waals surface area contributed by atoms with Gasteiger partial charge in [0, 0.05) is 35.5 Å². The standard InChI is InChI=1S/C24H20FN3O2/c1-30-18-8-9-21-20(13-18)19-10-12-28(24(29)16-3-2-11-26-14-16)23(22(19)27-21)15-4-6-17(25)7-5-15/h2-9,11,13-14,23,27H,10,12H2,1H3/t23-/m1/s1. The molecule has 0 bridgehead atoms. The molecule has 0 saturated carbocycles. The Morgan fingerprint density at radius 3 is 2.77 bits per heavy atom. The number of hydrogen-bond acceptors (Lipinski definition) is 3. The highest BCUT2D eigenvalue weighted by atomic mass is 19.1. The zero-order valence-electron chi connectivity index (χ0n) is 16.4. The first-order valence-corrected chi connectivity index (χ1v) is 9.80. The van der Waals surface area contributed by atoms with Crippen LogP contribution >= 0.6 is 0 Å². The van der Waals surface area contributed by atoms with Crippen molar-refractivity contribution in [2.45, 2.75) is 12.5 Å². The summed E-state index contributed by atoms with van der Waals surface area (Å²) >= 11 is 0. The van der Waals surface area contributed by atoms with Crippen LogP contribution in [0.4, 0.5) is 4.39 Å². The second-order valence-corrected chi connectivity index (χ2v) is 7.37. The van der Waals surface area contributed by atoms with Crippen LogP contribution in [-0.4, -0.2) is 34.4 Å². The molecule has 1 atom stereocenters. The van der Waals surface area contributed by atoms with Gasteiger partial charge in [-0.3, -0.25) is 9.78 Å². The van der Waals surface area contributed by atoms with Crippen molar-refractivity contribution in [3.05, 3.63) is 95.2 Å². The Kier molecular flexibility index (Phi) is 4.47. The normalized spacial score (nSPS) is 15.8. The maximum atomic E-state index is 13.6. The highest BCUT2D eigenvalue weighted by molar-refractivity contribution is 5.95. The molecular formula is C24H20FN3O2. The largest absolute Gasteiger partial charge is 0.497 e. The van der Waals surface area contributed by atoms with E-state index in [4.69, 9.17) is 4.74 Å². The molecule has 30 heavy (non-hydrogen) atoms. The van der Waals surface area contributed by atoms with E-state index in [9.17, 15) is 9.18 Å². The Morgan fingerprint density at radius 1 is 1.20 bits per heavy atom. The molecule has 1 aliphatic heterocycles. The van der Waals surface area contributed by atoms with E-state index < -0.39 is 0 Å². The molecule has 0 unspecified atom stereocenters. The second-order valence-electron chi connectivity index (χ2n) is 7.37. The van der Waals surface area contributed by atoms with E-state index in [1.54, 1.807) is 43.8 Å². The molecule has 0 spiro atoms. The molecule has 1 amide bonds. The van der Waals surface area contributed by atoms with Crippen molar-refractivity contribution < 1.29 is 13.9 Å². The van der Waals surface area contributed by atoms with Crippen LogP contribution in [0.2, 0.25) is 0 Å². The topological polar surface area (TPSA) is 58.2 Å². The van der Waals surface area contributed by atoms with E-state index in [0.29, 0.717) is 18.5 Å². The minimum absolute atomic E-state index is 0.0979. The fourth-order valence-electron chi connectivity index (χ4n) is 4.26. The average molecular weight is 401 g/mol. The van der Waals surface area contributed by atoms with E-state index in [-0.39, 0.29) is 17.8 Å². The molecule has 2 aromatic heterocycles. The predicted molar refractivity (Wildman–Crippen MR) is 112 cm³/mol. The summed E-state index contributed by atoms with van der Waals surface area (Å²) in [6.45, 7) is 0.549. The number of aromatic amines is 1. The van der Waals surface area contributed by atoms with Gasteiger partial charge in [0.15, 0.2) is 0 Å². The molecule has 0 saturated heterocycles. The van der Waals surface area contributed by atoms with Gasteiger partial charge < -0.3 is 14.6 Å². The third-order valence-corrected chi connectivity index (χ3v) is 5.69. The quantitative estimate of drug-likeness (QED) is 0.550. The van der Waals surface area contributed by atoms with Gasteiger partial charge in [-0.2, -0.15) is 0 Å². The Morgan fingerprint density at radius 2 is 2.03 bits per heavy atom. The molecule has 0 aliphatic carbocycles. The fraction of sp³-hybridized carbons (Fsp3) is 0.167. The maximum absolute atomic E-state index is 13.6. The van der Waals surface area contributed by atoms with Crippen LogP contribution in [0.1, 0.15) is 33.2 Å². The summed E-state index contributed by atoms with van der Waals surface area (Å²) < 4.78 is 19.0. The number of hydrogen-bond donors (Lipinski definition) is 1. The molecule has 1 aliphatic rings. The van der Waals surface area contributed by atoms with Crippen LogP contribution in [-0.2, 0) is 6.42 Å². The first-order valence-electron chi connectivity index (χ1n) is 9.80. The second kappa shape index (κ2) is 7.30. The molecule has 6 heteroatoms. The first-order chi connectivity index (χ1) is 14.7. The van der Waals surface area contributed by atoms with Gasteiger partial charge in [0.2, 0.25) is 0 Å². The van der Waals surface area contributed by atoms with Crippen LogP contribution in [0.5, 0.6) is 5.75 Å². The van der Waals surface area contributed by atoms with Crippen molar-refractivity contribution in [2.24, 2.45) is 0 Å². The smallest absolute Gasteiger partial charge is 0.256 e. The van der Waals surface area contributed by atoms with Gasteiger partial charge in [0.25, 0.3) is 5.91 Å². The molecule has 5 rings (SSSR count). The van der Waals surface area contributed by atoms with E-state index in [0.717, 1.165) is 33.5 Å². The number of halogens is 1. The number of nitrogens with zero attached hydrogens (tertiary/aromatic N) is 2. The summed E-state index contributed by atoms with van der Waals surface area (Å²) in [6, 6.07) is 15.4. The molecule has 0 fully saturated rings. The number of methoxy groups -OCH3 is 1. The molecular weight excluding hydrogens is 381 g/mol. The van der Waals surface area contributed by atoms with Gasteiger partial charge in [-0.1, -0.05) is 12.1 Å². The Balaban J connectivity index is 1.67. The SMILES string of the molecule is COc1ccc2[nH]c3c(c2c1)CCN(C(=O)c1cccnc1)[C@@H]3c1ccc(F)cc1. The van der Waals surface area contributed by atoms with Crippen LogP contribution in [0.15, 0.2) is 67.0 Å². The Labute approximate surface area is 173 Å². The van der Waals surface area contributed by atoms with E-state index in [1.807, 2.05) is 23.1 Å². The Hall–Kier alpha value is -3.67. The number of carbonyl (C=O) groups is 1. The zero-order chi connectivity index (χ0) is 20.7. The zero-order valence-corrected chi connectivity index (χ0v) is 16.4. The number of pyridine rings is 1. The summed E-state index contributed by atoms with van der Waals surface area (Å²) in [7, 11) is 1.65. The highest BCUT2D eigenvalue weighted by Gasteiger charge is 2.35. The number of aromatic nitrogens is 2. The van der Waals surface area contributed by atoms with Gasteiger partial charge in [-0.05, 0) is 60.0 Å². The van der Waals surface area contributed by atoms with Crippen molar-refractivity contribution in [1.29, 1.82) is 0 Å². The number of amides is 1. The number of carbonyl (C=O) groups excluding carboxylic acids is 1. The highest BCUT2D eigenvalue weighted by Crippen LogP contribution is 2.40. The summed E-state index contributed by atoms with van der Waals surface area (Å²) in [5, 5.41) is 1.09. The minimum Gasteiger partial charge on any atom is -0.497 e. The number of ether oxygens (including phenoxy) is 1. The van der Waals surface area contributed by atoms with Crippen molar-refractivity contribution in [2.75, 3.05) is 13.7 Å². The van der Waals surface area contributed by atoms with Gasteiger partial charge >= 0.3 is 0 Å². The summed E-state index contributed by atoms with van der Waals surface area (Å²) in [6.07, 6.45) is 3.94. The van der Waals surface area contributed by atoms with Gasteiger partial charge in [-0.25, -0.2) is 4.39 Å². The lowest BCUT2D eigenvalue weighted by atomic mass is 9.91. The molecule has 0 radical (unpaired) electrons. The Bertz CT molecular complexity index is 1220. The maximum Gasteiger partial charge on any atom is 0.256 e. The lowest BCUT2D eigenvalue weighted by molar-refractivity contribution is 0.0691. The first kappa shape index (κ1) is 18.4.